The summed E-state index contributed by atoms with van der Waals surface area (Å²) in [5, 5.41) is 0. The maximum absolute atomic E-state index is 13.1. The number of methoxy groups -OCH3 is 2. The predicted octanol–water partition coefficient (Wildman–Crippen LogP) is 3.03. The minimum absolute atomic E-state index is 0. The molecule has 0 bridgehead atoms. The fourth-order valence-corrected chi connectivity index (χ4v) is 4.53. The van der Waals surface area contributed by atoms with Gasteiger partial charge in [0, 0.05) is 44.1 Å². The number of ether oxygens (including phenoxy) is 2. The number of piperidine rings is 1. The summed E-state index contributed by atoms with van der Waals surface area (Å²) in [5.74, 6) is 1.92. The van der Waals surface area contributed by atoms with Crippen LogP contribution in [-0.4, -0.2) is 66.6 Å². The highest BCUT2D eigenvalue weighted by Gasteiger charge is 2.30. The lowest BCUT2D eigenvalue weighted by Gasteiger charge is -2.37. The summed E-state index contributed by atoms with van der Waals surface area (Å²) in [7, 11) is 3.23. The minimum atomic E-state index is 0. The van der Waals surface area contributed by atoms with Crippen molar-refractivity contribution in [2.45, 2.75) is 25.8 Å². The van der Waals surface area contributed by atoms with Crippen LogP contribution >= 0.6 is 24.8 Å². The van der Waals surface area contributed by atoms with E-state index in [0.29, 0.717) is 17.4 Å². The minimum Gasteiger partial charge on any atom is -0.493 e. The average Bonchev–Trinajstić information content (AvgIpc) is 2.76. The first kappa shape index (κ1) is 28.0. The number of rotatable bonds is 6. The summed E-state index contributed by atoms with van der Waals surface area (Å²) < 4.78 is 10.8. The highest BCUT2D eigenvalue weighted by atomic mass is 35.5. The van der Waals surface area contributed by atoms with E-state index in [4.69, 9.17) is 9.47 Å². The van der Waals surface area contributed by atoms with Crippen LogP contribution in [0.3, 0.4) is 0 Å². The molecule has 1 aromatic heterocycles. The molecule has 1 fully saturated rings. The van der Waals surface area contributed by atoms with Gasteiger partial charge >= 0.3 is 0 Å². The van der Waals surface area contributed by atoms with Gasteiger partial charge in [-0.1, -0.05) is 0 Å². The van der Waals surface area contributed by atoms with Crippen molar-refractivity contribution >= 4 is 30.7 Å². The summed E-state index contributed by atoms with van der Waals surface area (Å²) in [6.45, 7) is 4.69. The lowest BCUT2D eigenvalue weighted by molar-refractivity contribution is 0.0656. The summed E-state index contributed by atoms with van der Waals surface area (Å²) >= 11 is 0. The van der Waals surface area contributed by atoms with Crippen LogP contribution in [0.2, 0.25) is 0 Å². The Bertz CT molecular complexity index is 870. The number of aromatic nitrogens is 1. The first-order valence-corrected chi connectivity index (χ1v) is 10.3. The zero-order valence-electron chi connectivity index (χ0n) is 18.6. The molecule has 1 unspecified atom stereocenters. The van der Waals surface area contributed by atoms with E-state index < -0.39 is 0 Å². The van der Waals surface area contributed by atoms with Crippen LogP contribution in [0.25, 0.3) is 0 Å². The smallest absolute Gasteiger partial charge is 0.254 e. The van der Waals surface area contributed by atoms with Gasteiger partial charge < -0.3 is 19.8 Å². The Labute approximate surface area is 202 Å². The van der Waals surface area contributed by atoms with Gasteiger partial charge in [-0.2, -0.15) is 0 Å². The number of fused-ring (bicyclic) bond motifs is 1. The van der Waals surface area contributed by atoms with E-state index in [1.54, 1.807) is 14.2 Å². The molecule has 2 N–H and O–H groups in total. The summed E-state index contributed by atoms with van der Waals surface area (Å²) in [4.78, 5) is 21.8. The third-order valence-corrected chi connectivity index (χ3v) is 6.02. The topological polar surface area (TPSA) is 86.4 Å². The van der Waals surface area contributed by atoms with Crippen molar-refractivity contribution in [2.75, 3.05) is 40.4 Å². The third kappa shape index (κ3) is 6.25. The van der Waals surface area contributed by atoms with Gasteiger partial charge in [-0.15, -0.1) is 24.8 Å². The quantitative estimate of drug-likeness (QED) is 0.627. The van der Waals surface area contributed by atoms with Crippen molar-refractivity contribution in [3.63, 3.8) is 0 Å². The molecule has 2 aliphatic rings. The molecular weight excluding hydrogens is 453 g/mol. The van der Waals surface area contributed by atoms with Crippen LogP contribution in [0.5, 0.6) is 11.5 Å². The Morgan fingerprint density at radius 2 is 1.75 bits per heavy atom. The molecule has 0 spiro atoms. The molecule has 7 nitrogen and oxygen atoms in total. The molecular formula is C23H33Cl2N3O4. The maximum atomic E-state index is 13.1. The molecule has 178 valence electrons. The van der Waals surface area contributed by atoms with E-state index >= 15 is 0 Å². The maximum Gasteiger partial charge on any atom is 0.254 e. The molecule has 2 aliphatic heterocycles. The van der Waals surface area contributed by atoms with Crippen LogP contribution in [-0.2, 0) is 13.0 Å². The van der Waals surface area contributed by atoms with Gasteiger partial charge in [0.2, 0.25) is 0 Å². The summed E-state index contributed by atoms with van der Waals surface area (Å²) in [6, 6.07) is 7.94. The van der Waals surface area contributed by atoms with Crippen molar-refractivity contribution in [2.24, 2.45) is 5.92 Å². The SMILES string of the molecule is COc1cc2c(cc1OC)C(=O)N(CC1CCCN(Cc3ccncc3)C1)CC2.Cl.Cl.O. The largest absolute Gasteiger partial charge is 0.493 e. The Balaban J connectivity index is 0.00000171. The van der Waals surface area contributed by atoms with Crippen LogP contribution in [0.4, 0.5) is 0 Å². The summed E-state index contributed by atoms with van der Waals surface area (Å²) in [5.41, 5.74) is 3.09. The van der Waals surface area contributed by atoms with Gasteiger partial charge in [0.25, 0.3) is 5.91 Å². The standard InChI is InChI=1S/C23H29N3O3.2ClH.H2O/c1-28-21-12-19-7-11-26(23(27)20(19)13-22(21)29-2)16-18-4-3-10-25(15-18)14-17-5-8-24-9-6-17;;;/h5-6,8-9,12-13,18H,3-4,7,10-11,14-16H2,1-2H3;2*1H;1H2. The van der Waals surface area contributed by atoms with Gasteiger partial charge in [0.05, 0.1) is 14.2 Å². The average molecular weight is 486 g/mol. The molecule has 9 heteroatoms. The Kier molecular flexibility index (Phi) is 11.2. The molecule has 32 heavy (non-hydrogen) atoms. The molecule has 0 aliphatic carbocycles. The molecule has 1 aromatic carbocycles. The number of pyridine rings is 1. The number of likely N-dealkylation sites (tertiary alicyclic amines) is 1. The fraction of sp³-hybridized carbons (Fsp3) is 0.478. The van der Waals surface area contributed by atoms with E-state index in [9.17, 15) is 4.79 Å². The van der Waals surface area contributed by atoms with Crippen LogP contribution < -0.4 is 9.47 Å². The van der Waals surface area contributed by atoms with Crippen molar-refractivity contribution in [1.82, 2.24) is 14.8 Å². The molecule has 1 atom stereocenters. The van der Waals surface area contributed by atoms with Crippen LogP contribution in [0.15, 0.2) is 36.7 Å². The van der Waals surface area contributed by atoms with Crippen LogP contribution in [0.1, 0.15) is 34.3 Å². The van der Waals surface area contributed by atoms with Crippen molar-refractivity contribution < 1.29 is 19.7 Å². The molecule has 1 amide bonds. The van der Waals surface area contributed by atoms with E-state index in [-0.39, 0.29) is 36.2 Å². The van der Waals surface area contributed by atoms with Gasteiger partial charge in [-0.25, -0.2) is 0 Å². The monoisotopic (exact) mass is 485 g/mol. The fourth-order valence-electron chi connectivity index (χ4n) is 4.53. The van der Waals surface area contributed by atoms with E-state index in [1.807, 2.05) is 29.4 Å². The van der Waals surface area contributed by atoms with E-state index in [0.717, 1.165) is 50.3 Å². The van der Waals surface area contributed by atoms with E-state index in [1.165, 1.54) is 18.4 Å². The van der Waals surface area contributed by atoms with E-state index in [2.05, 4.69) is 22.0 Å². The predicted molar refractivity (Wildman–Crippen MR) is 130 cm³/mol. The molecule has 0 saturated carbocycles. The highest BCUT2D eigenvalue weighted by Crippen LogP contribution is 2.33. The number of amides is 1. The van der Waals surface area contributed by atoms with Gasteiger partial charge in [0.15, 0.2) is 11.5 Å². The number of carbonyl (C=O) groups is 1. The Morgan fingerprint density at radius 1 is 1.06 bits per heavy atom. The third-order valence-electron chi connectivity index (χ3n) is 6.02. The van der Waals surface area contributed by atoms with Crippen LogP contribution in [0, 0.1) is 5.92 Å². The zero-order chi connectivity index (χ0) is 20.2. The number of hydrogen-bond donors (Lipinski definition) is 0. The second-order valence-electron chi connectivity index (χ2n) is 7.96. The number of hydrogen-bond acceptors (Lipinski definition) is 5. The lowest BCUT2D eigenvalue weighted by atomic mass is 9.93. The molecule has 3 heterocycles. The summed E-state index contributed by atoms with van der Waals surface area (Å²) in [6.07, 6.45) is 6.91. The molecule has 2 aromatic rings. The second kappa shape index (κ2) is 12.8. The van der Waals surface area contributed by atoms with Crippen molar-refractivity contribution in [3.05, 3.63) is 53.3 Å². The lowest BCUT2D eigenvalue weighted by Crippen LogP contribution is -2.45. The Morgan fingerprint density at radius 3 is 2.44 bits per heavy atom. The first-order valence-electron chi connectivity index (χ1n) is 10.3. The second-order valence-corrected chi connectivity index (χ2v) is 7.96. The molecule has 1 saturated heterocycles. The first-order chi connectivity index (χ1) is 14.2. The van der Waals surface area contributed by atoms with Crippen molar-refractivity contribution in [1.29, 1.82) is 0 Å². The highest BCUT2D eigenvalue weighted by molar-refractivity contribution is 5.97. The normalized spacial score (nSPS) is 17.9. The van der Waals surface area contributed by atoms with Gasteiger partial charge in [-0.05, 0) is 67.1 Å². The van der Waals surface area contributed by atoms with Gasteiger partial charge in [-0.3, -0.25) is 14.7 Å². The number of nitrogens with zero attached hydrogens (tertiary/aromatic N) is 3. The zero-order valence-corrected chi connectivity index (χ0v) is 20.2. The Hall–Kier alpha value is -2.06. The van der Waals surface area contributed by atoms with Gasteiger partial charge in [0.1, 0.15) is 0 Å². The number of carbonyl (C=O) groups excluding carboxylic acids is 1. The number of benzene rings is 1. The molecule has 4 rings (SSSR count). The van der Waals surface area contributed by atoms with Crippen molar-refractivity contribution in [3.8, 4) is 11.5 Å². The number of halogens is 2. The molecule has 0 radical (unpaired) electrons.